The van der Waals surface area contributed by atoms with Gasteiger partial charge in [0.2, 0.25) is 5.91 Å². The quantitative estimate of drug-likeness (QED) is 0.803. The number of amides is 1. The molecular formula is C15H18N2O3. The van der Waals surface area contributed by atoms with E-state index >= 15 is 0 Å². The summed E-state index contributed by atoms with van der Waals surface area (Å²) in [6.45, 7) is 1.89. The summed E-state index contributed by atoms with van der Waals surface area (Å²) in [5.41, 5.74) is 0.898. The lowest BCUT2D eigenvalue weighted by Crippen LogP contribution is -2.37. The molecule has 0 unspecified atom stereocenters. The second kappa shape index (κ2) is 6.32. The Kier molecular flexibility index (Phi) is 4.50. The highest BCUT2D eigenvalue weighted by atomic mass is 16.4. The first-order valence-corrected chi connectivity index (χ1v) is 6.69. The second-order valence-corrected chi connectivity index (χ2v) is 5.07. The Morgan fingerprint density at radius 1 is 1.45 bits per heavy atom. The maximum atomic E-state index is 12.2. The number of carbonyl (C=O) groups is 2. The van der Waals surface area contributed by atoms with Crippen molar-refractivity contribution < 1.29 is 14.7 Å². The molecule has 0 saturated heterocycles. The fraction of sp³-hybridized carbons (Fsp3) is 0.400. The van der Waals surface area contributed by atoms with E-state index in [4.69, 9.17) is 5.11 Å². The monoisotopic (exact) mass is 274 g/mol. The lowest BCUT2D eigenvalue weighted by molar-refractivity contribution is -0.142. The Labute approximate surface area is 117 Å². The van der Waals surface area contributed by atoms with Gasteiger partial charge in [0.15, 0.2) is 0 Å². The van der Waals surface area contributed by atoms with Gasteiger partial charge in [-0.2, -0.15) is 0 Å². The Bertz CT molecular complexity index is 509. The van der Waals surface area contributed by atoms with Crippen molar-refractivity contribution in [3.8, 4) is 0 Å². The van der Waals surface area contributed by atoms with Crippen molar-refractivity contribution in [2.24, 2.45) is 5.92 Å². The van der Waals surface area contributed by atoms with E-state index in [9.17, 15) is 9.59 Å². The molecule has 1 N–H and O–H groups in total. The van der Waals surface area contributed by atoms with Crippen LogP contribution in [0.3, 0.4) is 0 Å². The minimum atomic E-state index is -0.874. The normalized spacial score (nSPS) is 16.1. The first-order valence-electron chi connectivity index (χ1n) is 6.69. The standard InChI is InChI=1S/C15H18N2O3/c1-11(15(19)20)10-17(13-3-4-13)14(18)5-2-12-6-8-16-9-7-12/h2,5-9,11,13H,3-4,10H2,1H3,(H,19,20)/b5-2+/t11-/m0/s1. The number of hydrogen-bond acceptors (Lipinski definition) is 3. The molecule has 20 heavy (non-hydrogen) atoms. The highest BCUT2D eigenvalue weighted by molar-refractivity contribution is 5.92. The van der Waals surface area contributed by atoms with Crippen molar-refractivity contribution in [3.05, 3.63) is 36.2 Å². The minimum Gasteiger partial charge on any atom is -0.481 e. The molecule has 5 heteroatoms. The van der Waals surface area contributed by atoms with Crippen molar-refractivity contribution in [3.63, 3.8) is 0 Å². The van der Waals surface area contributed by atoms with Gasteiger partial charge in [0.25, 0.3) is 0 Å². The summed E-state index contributed by atoms with van der Waals surface area (Å²) in [4.78, 5) is 28.7. The van der Waals surface area contributed by atoms with Crippen LogP contribution in [-0.2, 0) is 9.59 Å². The summed E-state index contributed by atoms with van der Waals surface area (Å²) in [5.74, 6) is -1.55. The molecule has 0 aliphatic heterocycles. The summed E-state index contributed by atoms with van der Waals surface area (Å²) in [7, 11) is 0. The molecule has 0 spiro atoms. The lowest BCUT2D eigenvalue weighted by Gasteiger charge is -2.22. The van der Waals surface area contributed by atoms with E-state index in [0.29, 0.717) is 0 Å². The van der Waals surface area contributed by atoms with E-state index < -0.39 is 11.9 Å². The molecule has 1 heterocycles. The van der Waals surface area contributed by atoms with E-state index in [0.717, 1.165) is 18.4 Å². The van der Waals surface area contributed by atoms with Gasteiger partial charge in [-0.1, -0.05) is 6.92 Å². The average molecular weight is 274 g/mol. The third kappa shape index (κ3) is 3.91. The van der Waals surface area contributed by atoms with E-state index in [1.54, 1.807) is 30.3 Å². The minimum absolute atomic E-state index is 0.127. The van der Waals surface area contributed by atoms with E-state index in [1.165, 1.54) is 6.08 Å². The molecule has 1 aromatic heterocycles. The lowest BCUT2D eigenvalue weighted by atomic mass is 10.1. The molecule has 5 nitrogen and oxygen atoms in total. The summed E-state index contributed by atoms with van der Waals surface area (Å²) >= 11 is 0. The summed E-state index contributed by atoms with van der Waals surface area (Å²) < 4.78 is 0. The first kappa shape index (κ1) is 14.2. The zero-order valence-corrected chi connectivity index (χ0v) is 11.4. The van der Waals surface area contributed by atoms with E-state index in [2.05, 4.69) is 4.98 Å². The van der Waals surface area contributed by atoms with Crippen LogP contribution < -0.4 is 0 Å². The number of aromatic nitrogens is 1. The van der Waals surface area contributed by atoms with Gasteiger partial charge in [0.1, 0.15) is 0 Å². The SMILES string of the molecule is C[C@@H](CN(C(=O)/C=C/c1ccncc1)C1CC1)C(=O)O. The number of carboxylic acids is 1. The second-order valence-electron chi connectivity index (χ2n) is 5.07. The molecule has 1 aliphatic rings. The van der Waals surface area contributed by atoms with Crippen LogP contribution in [0.1, 0.15) is 25.3 Å². The van der Waals surface area contributed by atoms with E-state index in [-0.39, 0.29) is 18.5 Å². The van der Waals surface area contributed by atoms with E-state index in [1.807, 2.05) is 12.1 Å². The van der Waals surface area contributed by atoms with Crippen molar-refractivity contribution in [1.82, 2.24) is 9.88 Å². The average Bonchev–Trinajstić information content (AvgIpc) is 3.27. The third-order valence-corrected chi connectivity index (χ3v) is 3.29. The topological polar surface area (TPSA) is 70.5 Å². The molecule has 0 bridgehead atoms. The molecule has 1 aromatic rings. The number of carbonyl (C=O) groups excluding carboxylic acids is 1. The zero-order chi connectivity index (χ0) is 14.5. The summed E-state index contributed by atoms with van der Waals surface area (Å²) in [5, 5.41) is 8.96. The van der Waals surface area contributed by atoms with Gasteiger partial charge in [-0.25, -0.2) is 0 Å². The highest BCUT2D eigenvalue weighted by Crippen LogP contribution is 2.28. The summed E-state index contributed by atoms with van der Waals surface area (Å²) in [6, 6.07) is 3.82. The molecule has 1 saturated carbocycles. The van der Waals surface area contributed by atoms with Crippen LogP contribution in [0.15, 0.2) is 30.6 Å². The molecule has 0 radical (unpaired) electrons. The molecule has 2 rings (SSSR count). The van der Waals surface area contributed by atoms with Crippen molar-refractivity contribution >= 4 is 18.0 Å². The fourth-order valence-electron chi connectivity index (χ4n) is 1.92. The maximum Gasteiger partial charge on any atom is 0.308 e. The number of nitrogens with zero attached hydrogens (tertiary/aromatic N) is 2. The van der Waals surface area contributed by atoms with Crippen LogP contribution in [0.25, 0.3) is 6.08 Å². The van der Waals surface area contributed by atoms with Gasteiger partial charge >= 0.3 is 5.97 Å². The number of carboxylic acid groups (broad SMARTS) is 1. The van der Waals surface area contributed by atoms with Crippen LogP contribution in [0.4, 0.5) is 0 Å². The number of aliphatic carboxylic acids is 1. The molecule has 0 aromatic carbocycles. The third-order valence-electron chi connectivity index (χ3n) is 3.29. The molecule has 1 atom stereocenters. The zero-order valence-electron chi connectivity index (χ0n) is 11.4. The van der Waals surface area contributed by atoms with Gasteiger partial charge in [0, 0.05) is 31.1 Å². The molecule has 106 valence electrons. The predicted molar refractivity (Wildman–Crippen MR) is 74.8 cm³/mol. The first-order chi connectivity index (χ1) is 9.58. The number of rotatable bonds is 6. The van der Waals surface area contributed by atoms with Crippen LogP contribution >= 0.6 is 0 Å². The number of pyridine rings is 1. The number of hydrogen-bond donors (Lipinski definition) is 1. The van der Waals surface area contributed by atoms with Gasteiger partial charge < -0.3 is 10.0 Å². The van der Waals surface area contributed by atoms with Crippen LogP contribution in [-0.4, -0.2) is 39.5 Å². The molecule has 1 fully saturated rings. The Hall–Kier alpha value is -2.17. The van der Waals surface area contributed by atoms with Crippen LogP contribution in [0, 0.1) is 5.92 Å². The molecular weight excluding hydrogens is 256 g/mol. The van der Waals surface area contributed by atoms with Gasteiger partial charge in [-0.3, -0.25) is 14.6 Å². The van der Waals surface area contributed by atoms with Crippen molar-refractivity contribution in [1.29, 1.82) is 0 Å². The Morgan fingerprint density at radius 3 is 2.65 bits per heavy atom. The summed E-state index contributed by atoms with van der Waals surface area (Å²) in [6.07, 6.45) is 8.47. The molecule has 1 aliphatic carbocycles. The smallest absolute Gasteiger partial charge is 0.308 e. The van der Waals surface area contributed by atoms with Crippen LogP contribution in [0.5, 0.6) is 0 Å². The van der Waals surface area contributed by atoms with Gasteiger partial charge in [-0.05, 0) is 36.6 Å². The van der Waals surface area contributed by atoms with Crippen molar-refractivity contribution in [2.45, 2.75) is 25.8 Å². The Morgan fingerprint density at radius 2 is 2.10 bits per heavy atom. The molecule has 1 amide bonds. The van der Waals surface area contributed by atoms with Crippen LogP contribution in [0.2, 0.25) is 0 Å². The largest absolute Gasteiger partial charge is 0.481 e. The maximum absolute atomic E-state index is 12.2. The predicted octanol–water partition coefficient (Wildman–Crippen LogP) is 1.81. The van der Waals surface area contributed by atoms with Crippen molar-refractivity contribution in [2.75, 3.05) is 6.54 Å². The highest BCUT2D eigenvalue weighted by Gasteiger charge is 2.33. The van der Waals surface area contributed by atoms with Gasteiger partial charge in [-0.15, -0.1) is 0 Å². The Balaban J connectivity index is 2.00. The fourth-order valence-corrected chi connectivity index (χ4v) is 1.92. The van der Waals surface area contributed by atoms with Gasteiger partial charge in [0.05, 0.1) is 5.92 Å².